The van der Waals surface area contributed by atoms with Crippen LogP contribution < -0.4 is 11.0 Å². The van der Waals surface area contributed by atoms with Crippen molar-refractivity contribution in [2.45, 2.75) is 69.4 Å². The summed E-state index contributed by atoms with van der Waals surface area (Å²) in [7, 11) is -3.28. The van der Waals surface area contributed by atoms with Gasteiger partial charge in [0.2, 0.25) is 0 Å². The first-order valence-corrected chi connectivity index (χ1v) is 17.1. The fourth-order valence-electron chi connectivity index (χ4n) is 5.24. The number of rotatable bonds is 13. The van der Waals surface area contributed by atoms with Gasteiger partial charge >= 0.3 is 19.6 Å². The number of benzene rings is 2. The Bertz CT molecular complexity index is 1660. The molecule has 0 aliphatic carbocycles. The van der Waals surface area contributed by atoms with E-state index in [1.807, 2.05) is 0 Å². The number of hydrogen-bond donors (Lipinski definition) is 9. The Morgan fingerprint density at radius 1 is 1.10 bits per heavy atom. The van der Waals surface area contributed by atoms with Crippen LogP contribution in [0.25, 0.3) is 0 Å². The van der Waals surface area contributed by atoms with Crippen molar-refractivity contribution in [1.29, 1.82) is 0 Å². The van der Waals surface area contributed by atoms with E-state index in [1.54, 1.807) is 37.2 Å². The van der Waals surface area contributed by atoms with Crippen LogP contribution in [0.3, 0.4) is 0 Å². The number of aromatic amines is 1. The number of halogens is 4. The summed E-state index contributed by atoms with van der Waals surface area (Å²) in [6.45, 7) is 2.99. The van der Waals surface area contributed by atoms with E-state index >= 15 is 0 Å². The van der Waals surface area contributed by atoms with Crippen LogP contribution >= 0.6 is 7.75 Å². The number of alkyl halides is 3. The second-order valence-corrected chi connectivity index (χ2v) is 13.2. The summed E-state index contributed by atoms with van der Waals surface area (Å²) in [5.74, 6) is -0.542. The van der Waals surface area contributed by atoms with Gasteiger partial charge in [-0.25, -0.2) is 13.8 Å². The quantitative estimate of drug-likeness (QED) is 0.0773. The molecule has 10 N–H and O–H groups in total. The molecule has 0 spiro atoms. The average Bonchev–Trinajstić information content (AvgIpc) is 3.44. The number of aryl methyl sites for hydroxylation is 1. The summed E-state index contributed by atoms with van der Waals surface area (Å²) in [6, 6.07) is 8.32. The SMILES string of the molecule is C[NH2+]C[C@H](O)[C@@H](O)[C@H](O)[C@H](O)CO.Cc1cc([C@@H](C)O[C@H]2OCCN(Cc3nn(P(=O)(O)O)c(=O)[nH]3)[C@H]2c2ccc(F)cc2)cc(C(F)(F)F)c1. The molecule has 0 amide bonds. The van der Waals surface area contributed by atoms with Gasteiger partial charge in [-0.15, -0.1) is 9.55 Å². The highest BCUT2D eigenvalue weighted by Crippen LogP contribution is 2.37. The molecule has 16 nitrogen and oxygen atoms in total. The maximum atomic E-state index is 13.7. The van der Waals surface area contributed by atoms with E-state index in [-0.39, 0.29) is 42.1 Å². The van der Waals surface area contributed by atoms with Crippen LogP contribution in [0.4, 0.5) is 17.6 Å². The Morgan fingerprint density at radius 3 is 2.27 bits per heavy atom. The summed E-state index contributed by atoms with van der Waals surface area (Å²) in [5.41, 5.74) is -0.688. The molecule has 1 aromatic heterocycles. The van der Waals surface area contributed by atoms with Gasteiger partial charge in [-0.2, -0.15) is 13.2 Å². The number of nitrogens with two attached hydrogens (primary N) is 1. The van der Waals surface area contributed by atoms with Crippen molar-refractivity contribution in [3.8, 4) is 0 Å². The average molecular weight is 757 g/mol. The lowest BCUT2D eigenvalue weighted by molar-refractivity contribution is -0.635. The molecule has 2 aromatic carbocycles. The van der Waals surface area contributed by atoms with E-state index in [1.165, 1.54) is 24.3 Å². The van der Waals surface area contributed by atoms with Crippen LogP contribution in [-0.4, -0.2) is 119 Å². The lowest BCUT2D eigenvalue weighted by Crippen LogP contribution is -2.83. The van der Waals surface area contributed by atoms with Crippen molar-refractivity contribution in [2.75, 3.05) is 33.4 Å². The Kier molecular flexibility index (Phi) is 15.0. The number of ether oxygens (including phenoxy) is 2. The molecule has 1 aliphatic rings. The molecule has 3 aromatic rings. The molecule has 21 heteroatoms. The zero-order valence-electron chi connectivity index (χ0n) is 27.8. The second kappa shape index (κ2) is 18.1. The summed E-state index contributed by atoms with van der Waals surface area (Å²) in [5, 5.41) is 50.3. The number of quaternary nitrogens is 1. The van der Waals surface area contributed by atoms with Gasteiger partial charge in [-0.1, -0.05) is 23.8 Å². The number of aliphatic hydroxyl groups excluding tert-OH is 5. The van der Waals surface area contributed by atoms with Gasteiger partial charge in [-0.05, 0) is 49.2 Å². The van der Waals surface area contributed by atoms with Crippen molar-refractivity contribution in [3.63, 3.8) is 0 Å². The van der Waals surface area contributed by atoms with Gasteiger partial charge in [0.25, 0.3) is 0 Å². The number of H-pyrrole nitrogens is 1. The van der Waals surface area contributed by atoms with Gasteiger partial charge in [0.1, 0.15) is 42.6 Å². The topological polar surface area (TPSA) is 248 Å². The highest BCUT2D eigenvalue weighted by Gasteiger charge is 2.38. The molecule has 1 fully saturated rings. The first kappa shape index (κ1) is 42.3. The predicted octanol–water partition coefficient (Wildman–Crippen LogP) is -0.729. The van der Waals surface area contributed by atoms with Crippen LogP contribution in [0.2, 0.25) is 0 Å². The number of morpholine rings is 1. The first-order valence-electron chi connectivity index (χ1n) is 15.6. The van der Waals surface area contributed by atoms with Crippen molar-refractivity contribution < 1.29 is 72.2 Å². The number of aromatic nitrogens is 3. The second-order valence-electron chi connectivity index (χ2n) is 11.8. The smallest absolute Gasteiger partial charge is 0.394 e. The molecule has 1 aliphatic heterocycles. The largest absolute Gasteiger partial charge is 0.454 e. The zero-order valence-corrected chi connectivity index (χ0v) is 28.7. The fraction of sp³-hybridized carbons (Fsp3) is 0.533. The fourth-order valence-corrected chi connectivity index (χ4v) is 5.75. The minimum absolute atomic E-state index is 0.0434. The summed E-state index contributed by atoms with van der Waals surface area (Å²) in [6.07, 6.45) is -11.9. The van der Waals surface area contributed by atoms with E-state index in [2.05, 4.69) is 10.1 Å². The number of likely N-dealkylation sites (N-methyl/N-ethyl adjacent to an activating group) is 1. The predicted molar refractivity (Wildman–Crippen MR) is 169 cm³/mol. The lowest BCUT2D eigenvalue weighted by Gasteiger charge is -2.41. The molecule has 0 saturated carbocycles. The van der Waals surface area contributed by atoms with Gasteiger partial charge in [0.05, 0.1) is 44.5 Å². The summed E-state index contributed by atoms with van der Waals surface area (Å²) >= 11 is 0. The van der Waals surface area contributed by atoms with Crippen LogP contribution in [0.15, 0.2) is 47.3 Å². The third-order valence-electron chi connectivity index (χ3n) is 7.81. The molecule has 286 valence electrons. The van der Waals surface area contributed by atoms with Gasteiger partial charge in [0.15, 0.2) is 6.29 Å². The lowest BCUT2D eigenvalue weighted by atomic mass is 10.0. The highest BCUT2D eigenvalue weighted by atomic mass is 31.2. The van der Waals surface area contributed by atoms with E-state index in [0.29, 0.717) is 11.1 Å². The molecule has 0 bridgehead atoms. The minimum Gasteiger partial charge on any atom is -0.394 e. The van der Waals surface area contributed by atoms with Gasteiger partial charge < -0.3 is 50.1 Å². The number of nitrogens with one attached hydrogen (secondary N) is 1. The van der Waals surface area contributed by atoms with Crippen molar-refractivity contribution in [1.82, 2.24) is 19.4 Å². The highest BCUT2D eigenvalue weighted by molar-refractivity contribution is 7.49. The van der Waals surface area contributed by atoms with Crippen LogP contribution in [-0.2, 0) is 26.8 Å². The Balaban J connectivity index is 0.000000460. The molecule has 2 heterocycles. The minimum atomic E-state index is -4.98. The van der Waals surface area contributed by atoms with Crippen LogP contribution in [0.5, 0.6) is 0 Å². The third kappa shape index (κ3) is 11.7. The standard InChI is InChI=1S/C23H25F4N4O6P.C7H17NO5/c1-13-9-16(11-17(10-13)23(25,26)27)14(2)37-21-20(15-3-5-18(24)6-4-15)30(7-8-36-21)12-19-28-22(32)31(29-19)38(33,34)35;1-8-2-4(10)6(12)7(13)5(11)3-9/h3-6,9-11,14,20-21H,7-8,12H2,1-2H3,(H,28,29,32)(H2,33,34,35);4-13H,2-3H2,1H3/p+1/t14-,20+,21-;4-,5+,6+,7+/m10/s1. The van der Waals surface area contributed by atoms with Crippen LogP contribution in [0, 0.1) is 12.7 Å². The van der Waals surface area contributed by atoms with Crippen LogP contribution in [0.1, 0.15) is 47.1 Å². The van der Waals surface area contributed by atoms with Gasteiger partial charge in [0, 0.05) is 6.54 Å². The van der Waals surface area contributed by atoms with Crippen molar-refractivity contribution >= 4 is 7.75 Å². The summed E-state index contributed by atoms with van der Waals surface area (Å²) in [4.78, 5) is 34.6. The molecular formula is C30H43F4N5O11P+. The molecule has 7 atom stereocenters. The molecule has 1 saturated heterocycles. The molecule has 51 heavy (non-hydrogen) atoms. The Hall–Kier alpha value is -3.11. The van der Waals surface area contributed by atoms with E-state index in [0.717, 1.165) is 12.1 Å². The van der Waals surface area contributed by atoms with Crippen molar-refractivity contribution in [2.24, 2.45) is 0 Å². The number of aliphatic hydroxyl groups is 5. The maximum absolute atomic E-state index is 13.7. The first-order chi connectivity index (χ1) is 23.8. The van der Waals surface area contributed by atoms with Crippen molar-refractivity contribution in [3.05, 3.63) is 86.8 Å². The Morgan fingerprint density at radius 2 is 1.73 bits per heavy atom. The Labute approximate surface area is 289 Å². The maximum Gasteiger partial charge on any atom is 0.454 e. The number of nitrogens with zero attached hydrogens (tertiary/aromatic N) is 3. The van der Waals surface area contributed by atoms with E-state index in [4.69, 9.17) is 24.8 Å². The molecule has 0 radical (unpaired) electrons. The third-order valence-corrected chi connectivity index (χ3v) is 8.57. The molecule has 4 rings (SSSR count). The van der Waals surface area contributed by atoms with Gasteiger partial charge in [-0.3, -0.25) is 9.88 Å². The van der Waals surface area contributed by atoms with E-state index < -0.39 is 80.5 Å². The normalized spacial score (nSPS) is 20.2. The molecular weight excluding hydrogens is 713 g/mol. The zero-order chi connectivity index (χ0) is 38.3. The molecule has 0 unspecified atom stereocenters. The number of hydrogen-bond acceptors (Lipinski definition) is 11. The summed E-state index contributed by atoms with van der Waals surface area (Å²) < 4.78 is 77.3. The van der Waals surface area contributed by atoms with E-state index in [9.17, 15) is 46.9 Å². The monoisotopic (exact) mass is 756 g/mol.